The number of halogens is 2. The van der Waals surface area contributed by atoms with E-state index in [1.807, 2.05) is 36.1 Å². The zero-order valence-corrected chi connectivity index (χ0v) is 13.0. The Kier molecular flexibility index (Phi) is 4.76. The Morgan fingerprint density at radius 2 is 1.87 bits per heavy atom. The topological polar surface area (TPSA) is 21.7 Å². The van der Waals surface area contributed by atoms with Crippen molar-refractivity contribution in [1.82, 2.24) is 4.90 Å². The molecule has 3 nitrogen and oxygen atoms in total. The first-order valence-corrected chi connectivity index (χ1v) is 7.71. The summed E-state index contributed by atoms with van der Waals surface area (Å²) in [4.78, 5) is 2.01. The van der Waals surface area contributed by atoms with Gasteiger partial charge in [-0.2, -0.15) is 0 Å². The van der Waals surface area contributed by atoms with E-state index in [2.05, 4.69) is 0 Å². The maximum atomic E-state index is 13.8. The second-order valence-electron chi connectivity index (χ2n) is 5.54. The van der Waals surface area contributed by atoms with Crippen molar-refractivity contribution in [3.05, 3.63) is 59.7 Å². The number of hydrogen-bond donors (Lipinski definition) is 0. The highest BCUT2D eigenvalue weighted by Crippen LogP contribution is 2.31. The van der Waals surface area contributed by atoms with Crippen LogP contribution in [0.2, 0.25) is 0 Å². The zero-order valence-electron chi connectivity index (χ0n) is 13.0. The van der Waals surface area contributed by atoms with Crippen molar-refractivity contribution in [2.75, 3.05) is 19.7 Å². The smallest absolute Gasteiger partial charge is 0.163 e. The average molecular weight is 319 g/mol. The van der Waals surface area contributed by atoms with E-state index in [1.165, 1.54) is 6.07 Å². The van der Waals surface area contributed by atoms with Crippen LogP contribution in [0.4, 0.5) is 8.78 Å². The van der Waals surface area contributed by atoms with E-state index in [-0.39, 0.29) is 6.10 Å². The van der Waals surface area contributed by atoms with Gasteiger partial charge in [0, 0.05) is 18.7 Å². The van der Waals surface area contributed by atoms with Crippen molar-refractivity contribution < 1.29 is 18.3 Å². The van der Waals surface area contributed by atoms with Gasteiger partial charge in [0.05, 0.1) is 0 Å². The number of likely N-dealkylation sites (N-methyl/N-ethyl adjacent to an activating group) is 1. The van der Waals surface area contributed by atoms with Gasteiger partial charge in [0.2, 0.25) is 0 Å². The van der Waals surface area contributed by atoms with Gasteiger partial charge in [-0.3, -0.25) is 4.90 Å². The molecule has 0 bridgehead atoms. The van der Waals surface area contributed by atoms with Crippen LogP contribution in [0.3, 0.4) is 0 Å². The second-order valence-corrected chi connectivity index (χ2v) is 5.54. The Balaban J connectivity index is 1.65. The van der Waals surface area contributed by atoms with Crippen molar-refractivity contribution in [3.63, 3.8) is 0 Å². The Morgan fingerprint density at radius 3 is 2.65 bits per heavy atom. The molecule has 0 radical (unpaired) electrons. The van der Waals surface area contributed by atoms with Gasteiger partial charge in [0.15, 0.2) is 23.1 Å². The molecular weight excluding hydrogens is 300 g/mol. The first kappa shape index (κ1) is 15.7. The second kappa shape index (κ2) is 6.96. The molecule has 0 saturated heterocycles. The van der Waals surface area contributed by atoms with Crippen molar-refractivity contribution in [1.29, 1.82) is 0 Å². The summed E-state index contributed by atoms with van der Waals surface area (Å²) in [6, 6.07) is 11.8. The molecule has 1 unspecified atom stereocenters. The highest BCUT2D eigenvalue weighted by atomic mass is 19.2. The molecule has 1 aliphatic heterocycles. The molecule has 2 aromatic carbocycles. The summed E-state index contributed by atoms with van der Waals surface area (Å²) >= 11 is 0. The normalized spacial score (nSPS) is 16.6. The van der Waals surface area contributed by atoms with Gasteiger partial charge in [-0.25, -0.2) is 8.78 Å². The largest absolute Gasteiger partial charge is 0.486 e. The van der Waals surface area contributed by atoms with Crippen LogP contribution in [-0.2, 0) is 6.54 Å². The van der Waals surface area contributed by atoms with E-state index >= 15 is 0 Å². The van der Waals surface area contributed by atoms with Gasteiger partial charge >= 0.3 is 0 Å². The van der Waals surface area contributed by atoms with Crippen molar-refractivity contribution in [2.45, 2.75) is 19.6 Å². The van der Waals surface area contributed by atoms with E-state index in [0.29, 0.717) is 31.8 Å². The molecule has 0 fully saturated rings. The highest BCUT2D eigenvalue weighted by Gasteiger charge is 2.23. The van der Waals surface area contributed by atoms with Crippen LogP contribution < -0.4 is 9.47 Å². The third-order valence-electron chi connectivity index (χ3n) is 3.90. The van der Waals surface area contributed by atoms with Crippen molar-refractivity contribution >= 4 is 0 Å². The molecule has 2 aromatic rings. The molecule has 0 saturated carbocycles. The Bertz CT molecular complexity index is 678. The van der Waals surface area contributed by atoms with Crippen LogP contribution >= 0.6 is 0 Å². The quantitative estimate of drug-likeness (QED) is 0.840. The van der Waals surface area contributed by atoms with Gasteiger partial charge in [0.1, 0.15) is 12.7 Å². The predicted octanol–water partition coefficient (Wildman–Crippen LogP) is 3.63. The van der Waals surface area contributed by atoms with Crippen LogP contribution in [0.25, 0.3) is 0 Å². The summed E-state index contributed by atoms with van der Waals surface area (Å²) < 4.78 is 38.7. The molecule has 3 rings (SSSR count). The SMILES string of the molecule is CCN(Cc1cccc(F)c1F)CC1COc2ccccc2O1. The van der Waals surface area contributed by atoms with E-state index < -0.39 is 11.6 Å². The Morgan fingerprint density at radius 1 is 1.09 bits per heavy atom. The standard InChI is InChI=1S/C18H19F2NO2/c1-2-21(10-13-6-5-7-15(19)18(13)20)11-14-12-22-16-8-3-4-9-17(16)23-14/h3-9,14H,2,10-12H2,1H3. The van der Waals surface area contributed by atoms with E-state index in [9.17, 15) is 8.78 Å². The lowest BCUT2D eigenvalue weighted by atomic mass is 10.1. The number of para-hydroxylation sites is 2. The van der Waals surface area contributed by atoms with Gasteiger partial charge in [-0.1, -0.05) is 31.2 Å². The molecule has 1 aliphatic rings. The molecule has 0 amide bonds. The molecule has 0 aliphatic carbocycles. The van der Waals surface area contributed by atoms with E-state index in [4.69, 9.17) is 9.47 Å². The summed E-state index contributed by atoms with van der Waals surface area (Å²) in [5, 5.41) is 0. The molecule has 0 spiro atoms. The first-order chi connectivity index (χ1) is 11.2. The third kappa shape index (κ3) is 3.62. The number of nitrogens with zero attached hydrogens (tertiary/aromatic N) is 1. The fourth-order valence-electron chi connectivity index (χ4n) is 2.66. The molecule has 122 valence electrons. The predicted molar refractivity (Wildman–Crippen MR) is 83.7 cm³/mol. The fourth-order valence-corrected chi connectivity index (χ4v) is 2.66. The van der Waals surface area contributed by atoms with Crippen LogP contribution in [-0.4, -0.2) is 30.7 Å². The Labute approximate surface area is 134 Å². The van der Waals surface area contributed by atoms with Crippen LogP contribution in [0.1, 0.15) is 12.5 Å². The van der Waals surface area contributed by atoms with Gasteiger partial charge in [0.25, 0.3) is 0 Å². The monoisotopic (exact) mass is 319 g/mol. The average Bonchev–Trinajstić information content (AvgIpc) is 2.58. The minimum absolute atomic E-state index is 0.138. The molecular formula is C18H19F2NO2. The number of fused-ring (bicyclic) bond motifs is 1. The lowest BCUT2D eigenvalue weighted by Crippen LogP contribution is -2.40. The lowest BCUT2D eigenvalue weighted by molar-refractivity contribution is 0.0577. The van der Waals surface area contributed by atoms with Crippen LogP contribution in [0, 0.1) is 11.6 Å². The lowest BCUT2D eigenvalue weighted by Gasteiger charge is -2.31. The van der Waals surface area contributed by atoms with Gasteiger partial charge in [-0.05, 0) is 24.7 Å². The fraction of sp³-hybridized carbons (Fsp3) is 0.333. The molecule has 0 N–H and O–H groups in total. The van der Waals surface area contributed by atoms with Gasteiger partial charge < -0.3 is 9.47 Å². The number of ether oxygens (including phenoxy) is 2. The minimum atomic E-state index is -0.815. The van der Waals surface area contributed by atoms with Crippen LogP contribution in [0.15, 0.2) is 42.5 Å². The molecule has 23 heavy (non-hydrogen) atoms. The number of hydrogen-bond acceptors (Lipinski definition) is 3. The Hall–Kier alpha value is -2.14. The van der Waals surface area contributed by atoms with Crippen molar-refractivity contribution in [3.8, 4) is 11.5 Å². The summed E-state index contributed by atoms with van der Waals surface area (Å²) in [5.74, 6) is -0.137. The number of rotatable bonds is 5. The number of benzene rings is 2. The minimum Gasteiger partial charge on any atom is -0.486 e. The van der Waals surface area contributed by atoms with Crippen LogP contribution in [0.5, 0.6) is 11.5 Å². The summed E-state index contributed by atoms with van der Waals surface area (Å²) in [5.41, 5.74) is 0.351. The molecule has 1 atom stereocenters. The highest BCUT2D eigenvalue weighted by molar-refractivity contribution is 5.40. The summed E-state index contributed by atoms with van der Waals surface area (Å²) in [6.45, 7) is 4.05. The van der Waals surface area contributed by atoms with E-state index in [0.717, 1.165) is 17.6 Å². The molecule has 1 heterocycles. The summed E-state index contributed by atoms with van der Waals surface area (Å²) in [7, 11) is 0. The first-order valence-electron chi connectivity index (χ1n) is 7.71. The maximum absolute atomic E-state index is 13.8. The van der Waals surface area contributed by atoms with E-state index in [1.54, 1.807) is 6.07 Å². The molecule has 0 aromatic heterocycles. The summed E-state index contributed by atoms with van der Waals surface area (Å²) in [6.07, 6.45) is -0.138. The van der Waals surface area contributed by atoms with Gasteiger partial charge in [-0.15, -0.1) is 0 Å². The molecule has 5 heteroatoms. The zero-order chi connectivity index (χ0) is 16.2. The third-order valence-corrected chi connectivity index (χ3v) is 3.90. The van der Waals surface area contributed by atoms with Crippen molar-refractivity contribution in [2.24, 2.45) is 0 Å². The maximum Gasteiger partial charge on any atom is 0.163 e.